The van der Waals surface area contributed by atoms with Crippen molar-refractivity contribution in [3.05, 3.63) is 52.6 Å². The van der Waals surface area contributed by atoms with E-state index in [0.29, 0.717) is 27.9 Å². The van der Waals surface area contributed by atoms with Gasteiger partial charge in [0.1, 0.15) is 21.3 Å². The molecule has 0 bridgehead atoms. The van der Waals surface area contributed by atoms with Gasteiger partial charge in [0.2, 0.25) is 11.5 Å². The number of benzene rings is 1. The molecule has 2 atom stereocenters. The van der Waals surface area contributed by atoms with Crippen LogP contribution in [0.5, 0.6) is 5.75 Å². The summed E-state index contributed by atoms with van der Waals surface area (Å²) in [6, 6.07) is 5.29. The summed E-state index contributed by atoms with van der Waals surface area (Å²) in [5.74, 6) is -1.61. The maximum absolute atomic E-state index is 13.2. The lowest BCUT2D eigenvalue weighted by molar-refractivity contribution is -0.150. The number of rotatable bonds is 9. The maximum Gasteiger partial charge on any atom is 0.352 e. The number of nitrogens with one attached hydrogen (secondary N) is 1. The van der Waals surface area contributed by atoms with Crippen LogP contribution in [0.3, 0.4) is 0 Å². The molecule has 1 saturated heterocycles. The topological polar surface area (TPSA) is 186 Å². The minimum absolute atomic E-state index is 0.0804. The molecule has 0 spiro atoms. The molecule has 0 saturated carbocycles. The number of aromatic nitrogens is 4. The molecule has 2 aliphatic rings. The van der Waals surface area contributed by atoms with E-state index in [-0.39, 0.29) is 22.4 Å². The van der Waals surface area contributed by atoms with Gasteiger partial charge in [0, 0.05) is 28.1 Å². The first-order chi connectivity index (χ1) is 18.3. The van der Waals surface area contributed by atoms with Gasteiger partial charge in [-0.05, 0) is 41.4 Å². The van der Waals surface area contributed by atoms with E-state index in [1.54, 1.807) is 30.5 Å². The Kier molecular flexibility index (Phi) is 7.80. The zero-order valence-corrected chi connectivity index (χ0v) is 22.8. The highest BCUT2D eigenvalue weighted by Gasteiger charge is 2.54. The standard InChI is InChI=1S/C20H15ClN8O5S4/c21-9-1-3-10(4-2-9)34-26-12(15-25-20(22)38-27-15)16(30)24-13-17(31)29-14(19(32)33)8(7-36-18(13)29)6-35-11-5-23-28-37-11/h1-5,13,18H,6-7H2,(H,24,30)(H,32,33)(H2,22,25,27)/t13?,18-/m0/s1. The van der Waals surface area contributed by atoms with E-state index < -0.39 is 29.2 Å². The van der Waals surface area contributed by atoms with E-state index >= 15 is 0 Å². The Morgan fingerprint density at radius 3 is 2.76 bits per heavy atom. The number of β-lactam (4-membered cyclic amide) rings is 1. The molecular weight excluding hydrogens is 596 g/mol. The number of hydrogen-bond acceptors (Lipinski definition) is 14. The van der Waals surface area contributed by atoms with Crippen molar-refractivity contribution in [1.29, 1.82) is 0 Å². The number of carboxylic acid groups (broad SMARTS) is 1. The van der Waals surface area contributed by atoms with Gasteiger partial charge in [-0.25, -0.2) is 4.79 Å². The fourth-order valence-corrected chi connectivity index (χ4v) is 6.96. The van der Waals surface area contributed by atoms with Gasteiger partial charge in [-0.15, -0.1) is 28.6 Å². The monoisotopic (exact) mass is 610 g/mol. The maximum atomic E-state index is 13.2. The lowest BCUT2D eigenvalue weighted by atomic mass is 10.0. The van der Waals surface area contributed by atoms with Crippen molar-refractivity contribution in [3.8, 4) is 5.75 Å². The third-order valence-electron chi connectivity index (χ3n) is 5.19. The number of carboxylic acids is 1. The molecule has 0 radical (unpaired) electrons. The van der Waals surface area contributed by atoms with Crippen LogP contribution in [-0.2, 0) is 14.4 Å². The summed E-state index contributed by atoms with van der Waals surface area (Å²) in [4.78, 5) is 48.8. The molecule has 2 aliphatic heterocycles. The van der Waals surface area contributed by atoms with Gasteiger partial charge in [-0.1, -0.05) is 21.2 Å². The number of amides is 2. The summed E-state index contributed by atoms with van der Waals surface area (Å²) >= 11 is 10.7. The molecule has 3 aromatic rings. The fraction of sp³-hybridized carbons (Fsp3) is 0.200. The van der Waals surface area contributed by atoms with Gasteiger partial charge in [-0.3, -0.25) is 14.5 Å². The summed E-state index contributed by atoms with van der Waals surface area (Å²) < 4.78 is 8.64. The molecule has 38 heavy (non-hydrogen) atoms. The minimum Gasteiger partial charge on any atom is -0.477 e. The van der Waals surface area contributed by atoms with Crippen molar-refractivity contribution in [1.82, 2.24) is 29.2 Å². The van der Waals surface area contributed by atoms with E-state index in [1.165, 1.54) is 40.0 Å². The van der Waals surface area contributed by atoms with Crippen LogP contribution < -0.4 is 15.9 Å². The van der Waals surface area contributed by atoms with Gasteiger partial charge < -0.3 is 21.0 Å². The van der Waals surface area contributed by atoms with Crippen LogP contribution in [0, 0.1) is 0 Å². The fourth-order valence-electron chi connectivity index (χ4n) is 3.49. The number of fused-ring (bicyclic) bond motifs is 1. The molecule has 18 heteroatoms. The smallest absolute Gasteiger partial charge is 0.352 e. The number of thioether (sulfide) groups is 2. The number of nitrogens with two attached hydrogens (primary N) is 1. The van der Waals surface area contributed by atoms with Crippen LogP contribution in [0.25, 0.3) is 0 Å². The number of oxime groups is 1. The number of anilines is 1. The Balaban J connectivity index is 1.32. The van der Waals surface area contributed by atoms with Crippen LogP contribution in [0.2, 0.25) is 5.02 Å². The number of carbonyl (C=O) groups is 3. The number of carbonyl (C=O) groups excluding carboxylic acids is 2. The molecule has 5 rings (SSSR count). The van der Waals surface area contributed by atoms with Gasteiger partial charge in [0.15, 0.2) is 10.9 Å². The summed E-state index contributed by atoms with van der Waals surface area (Å²) in [6.45, 7) is 0. The number of aliphatic carboxylic acids is 1. The SMILES string of the molecule is Nc1nc(C(=NOc2ccc(Cl)cc2)C(=O)NC2C(=O)N3C(C(=O)O)=C(CSc4cnns4)CS[C@@H]23)ns1. The molecule has 1 unspecified atom stereocenters. The van der Waals surface area contributed by atoms with Crippen LogP contribution in [0.1, 0.15) is 5.82 Å². The van der Waals surface area contributed by atoms with E-state index in [4.69, 9.17) is 22.2 Å². The molecule has 0 aliphatic carbocycles. The Hall–Kier alpha value is -3.25. The van der Waals surface area contributed by atoms with Gasteiger partial charge in [0.05, 0.1) is 6.20 Å². The number of nitrogen functional groups attached to an aromatic ring is 1. The first kappa shape index (κ1) is 26.4. The second kappa shape index (κ2) is 11.2. The van der Waals surface area contributed by atoms with Gasteiger partial charge in [0.25, 0.3) is 11.8 Å². The summed E-state index contributed by atoms with van der Waals surface area (Å²) in [6.07, 6.45) is 1.59. The first-order valence-electron chi connectivity index (χ1n) is 10.5. The van der Waals surface area contributed by atoms with E-state index in [9.17, 15) is 19.5 Å². The van der Waals surface area contributed by atoms with E-state index in [1.807, 2.05) is 0 Å². The Bertz CT molecular complexity index is 1450. The van der Waals surface area contributed by atoms with E-state index in [0.717, 1.165) is 15.7 Å². The number of halogens is 1. The quantitative estimate of drug-likeness (QED) is 0.138. The molecule has 4 N–H and O–H groups in total. The number of nitrogens with zero attached hydrogens (tertiary/aromatic N) is 6. The lowest BCUT2D eigenvalue weighted by Gasteiger charge is -2.49. The molecule has 4 heterocycles. The Labute approximate surface area is 235 Å². The van der Waals surface area contributed by atoms with Crippen LogP contribution in [-0.4, -0.2) is 75.4 Å². The summed E-state index contributed by atoms with van der Waals surface area (Å²) in [5, 5.41) is 20.1. The van der Waals surface area contributed by atoms with Gasteiger partial charge in [-0.2, -0.15) is 9.36 Å². The zero-order chi connectivity index (χ0) is 26.8. The highest BCUT2D eigenvalue weighted by Crippen LogP contribution is 2.41. The second-order valence-electron chi connectivity index (χ2n) is 7.58. The molecular formula is C20H15ClN8O5S4. The van der Waals surface area contributed by atoms with Crippen molar-refractivity contribution >= 4 is 86.8 Å². The highest BCUT2D eigenvalue weighted by atomic mass is 35.5. The molecule has 2 aromatic heterocycles. The third-order valence-corrected chi connectivity index (χ3v) is 9.25. The molecule has 2 amide bonds. The predicted octanol–water partition coefficient (Wildman–Crippen LogP) is 1.94. The third kappa shape index (κ3) is 5.46. The van der Waals surface area contributed by atoms with Crippen molar-refractivity contribution in [3.63, 3.8) is 0 Å². The predicted molar refractivity (Wildman–Crippen MR) is 143 cm³/mol. The summed E-state index contributed by atoms with van der Waals surface area (Å²) in [7, 11) is 0. The summed E-state index contributed by atoms with van der Waals surface area (Å²) in [5.41, 5.74) is 5.88. The second-order valence-corrected chi connectivity index (χ2v) is 12.0. The van der Waals surface area contributed by atoms with Gasteiger partial charge >= 0.3 is 5.97 Å². The minimum atomic E-state index is -1.22. The van der Waals surface area contributed by atoms with Crippen LogP contribution >= 0.6 is 58.2 Å². The zero-order valence-electron chi connectivity index (χ0n) is 18.8. The average molecular weight is 611 g/mol. The Morgan fingerprint density at radius 1 is 1.32 bits per heavy atom. The van der Waals surface area contributed by atoms with E-state index in [2.05, 4.69) is 29.4 Å². The highest BCUT2D eigenvalue weighted by molar-refractivity contribution is 8.01. The van der Waals surface area contributed by atoms with Crippen molar-refractivity contribution in [2.45, 2.75) is 15.6 Å². The molecule has 1 fully saturated rings. The first-order valence-corrected chi connectivity index (χ1v) is 14.5. The van der Waals surface area contributed by atoms with Crippen LogP contribution in [0.4, 0.5) is 5.13 Å². The normalized spacial score (nSPS) is 19.1. The average Bonchev–Trinajstić information content (AvgIpc) is 3.58. The van der Waals surface area contributed by atoms with Crippen LogP contribution in [0.15, 0.2) is 51.1 Å². The molecule has 1 aromatic carbocycles. The molecule has 13 nitrogen and oxygen atoms in total. The lowest BCUT2D eigenvalue weighted by Crippen LogP contribution is -2.71. The Morgan fingerprint density at radius 2 is 2.11 bits per heavy atom. The molecule has 196 valence electrons. The number of hydrogen-bond donors (Lipinski definition) is 3. The van der Waals surface area contributed by atoms with Crippen molar-refractivity contribution < 1.29 is 24.3 Å². The van der Waals surface area contributed by atoms with Crippen molar-refractivity contribution in [2.75, 3.05) is 17.2 Å². The largest absolute Gasteiger partial charge is 0.477 e. The van der Waals surface area contributed by atoms with Crippen molar-refractivity contribution in [2.24, 2.45) is 5.16 Å².